The van der Waals surface area contributed by atoms with Crippen LogP contribution in [0.5, 0.6) is 0 Å². The number of carbonyl (C=O) groups excluding carboxylic acids is 1. The molecule has 21 heavy (non-hydrogen) atoms. The van der Waals surface area contributed by atoms with E-state index in [4.69, 9.17) is 17.4 Å². The van der Waals surface area contributed by atoms with Gasteiger partial charge in [-0.15, -0.1) is 10.2 Å². The lowest BCUT2D eigenvalue weighted by Crippen LogP contribution is -2.32. The van der Waals surface area contributed by atoms with Crippen LogP contribution < -0.4 is 16.7 Å². The molecule has 0 atom stereocenters. The standard InChI is InChI=1S/C12H12ClN5O2S/c1-7-11(20)18(14)12(17-16-7)21-6-10(19)15-9-4-2-8(13)3-5-9/h2-5H,6,14H2,1H3,(H,15,19). The largest absolute Gasteiger partial charge is 0.334 e. The first-order chi connectivity index (χ1) is 9.97. The summed E-state index contributed by atoms with van der Waals surface area (Å²) in [7, 11) is 0. The van der Waals surface area contributed by atoms with Gasteiger partial charge in [0.05, 0.1) is 5.75 Å². The van der Waals surface area contributed by atoms with Crippen molar-refractivity contribution >= 4 is 35.0 Å². The third kappa shape index (κ3) is 3.96. The van der Waals surface area contributed by atoms with Crippen molar-refractivity contribution in [3.05, 3.63) is 45.3 Å². The molecule has 2 rings (SSSR count). The van der Waals surface area contributed by atoms with Crippen LogP contribution in [0, 0.1) is 6.92 Å². The molecule has 1 aromatic heterocycles. The minimum absolute atomic E-state index is 0.0526. The Morgan fingerprint density at radius 3 is 2.71 bits per heavy atom. The van der Waals surface area contributed by atoms with Crippen LogP contribution >= 0.6 is 23.4 Å². The highest BCUT2D eigenvalue weighted by Crippen LogP contribution is 2.15. The zero-order valence-corrected chi connectivity index (χ0v) is 12.6. The maximum absolute atomic E-state index is 11.8. The van der Waals surface area contributed by atoms with Crippen molar-refractivity contribution in [2.75, 3.05) is 16.9 Å². The fourth-order valence-electron chi connectivity index (χ4n) is 1.43. The molecule has 1 aromatic carbocycles. The van der Waals surface area contributed by atoms with Gasteiger partial charge in [-0.25, -0.2) is 0 Å². The molecule has 0 saturated carbocycles. The maximum atomic E-state index is 11.8. The predicted octanol–water partition coefficient (Wildman–Crippen LogP) is 1.04. The van der Waals surface area contributed by atoms with E-state index >= 15 is 0 Å². The first kappa shape index (κ1) is 15.3. The Balaban J connectivity index is 1.97. The number of hydrogen-bond acceptors (Lipinski definition) is 6. The summed E-state index contributed by atoms with van der Waals surface area (Å²) in [5.74, 6) is 5.37. The molecule has 0 fully saturated rings. The average molecular weight is 326 g/mol. The molecule has 0 saturated heterocycles. The van der Waals surface area contributed by atoms with E-state index < -0.39 is 5.56 Å². The molecule has 3 N–H and O–H groups in total. The van der Waals surface area contributed by atoms with Gasteiger partial charge in [-0.1, -0.05) is 23.4 Å². The molecule has 0 aliphatic heterocycles. The lowest BCUT2D eigenvalue weighted by molar-refractivity contribution is -0.113. The number of nitrogen functional groups attached to an aromatic ring is 1. The topological polar surface area (TPSA) is 103 Å². The highest BCUT2D eigenvalue weighted by atomic mass is 35.5. The lowest BCUT2D eigenvalue weighted by Gasteiger charge is -2.07. The van der Waals surface area contributed by atoms with E-state index in [1.807, 2.05) is 0 Å². The Labute approximate surface area is 129 Å². The van der Waals surface area contributed by atoms with Gasteiger partial charge in [0.2, 0.25) is 11.1 Å². The van der Waals surface area contributed by atoms with Gasteiger partial charge in [-0.3, -0.25) is 9.59 Å². The van der Waals surface area contributed by atoms with Crippen LogP contribution in [0.25, 0.3) is 0 Å². The van der Waals surface area contributed by atoms with Crippen molar-refractivity contribution in [1.82, 2.24) is 14.9 Å². The van der Waals surface area contributed by atoms with Gasteiger partial charge < -0.3 is 11.2 Å². The van der Waals surface area contributed by atoms with Crippen molar-refractivity contribution in [3.8, 4) is 0 Å². The van der Waals surface area contributed by atoms with Gasteiger partial charge in [0.1, 0.15) is 5.69 Å². The molecule has 9 heteroatoms. The molecule has 1 amide bonds. The van der Waals surface area contributed by atoms with Crippen molar-refractivity contribution < 1.29 is 4.79 Å². The summed E-state index contributed by atoms with van der Waals surface area (Å²) < 4.78 is 0.878. The van der Waals surface area contributed by atoms with Gasteiger partial charge >= 0.3 is 0 Å². The molecular weight excluding hydrogens is 314 g/mol. The van der Waals surface area contributed by atoms with Crippen LogP contribution in [0.4, 0.5) is 5.69 Å². The Morgan fingerprint density at radius 1 is 1.38 bits per heavy atom. The van der Waals surface area contributed by atoms with Gasteiger partial charge in [0.15, 0.2) is 0 Å². The average Bonchev–Trinajstić information content (AvgIpc) is 2.46. The summed E-state index contributed by atoms with van der Waals surface area (Å²) in [6.07, 6.45) is 0. The van der Waals surface area contributed by atoms with Gasteiger partial charge in [0.25, 0.3) is 5.56 Å². The Hall–Kier alpha value is -2.06. The van der Waals surface area contributed by atoms with E-state index in [1.165, 1.54) is 6.92 Å². The van der Waals surface area contributed by atoms with Crippen molar-refractivity contribution in [3.63, 3.8) is 0 Å². The summed E-state index contributed by atoms with van der Waals surface area (Å²) in [6, 6.07) is 6.73. The molecule has 7 nitrogen and oxygen atoms in total. The fourth-order valence-corrected chi connectivity index (χ4v) is 2.21. The van der Waals surface area contributed by atoms with Gasteiger partial charge in [0, 0.05) is 10.7 Å². The second-order valence-electron chi connectivity index (χ2n) is 4.09. The SMILES string of the molecule is Cc1nnc(SCC(=O)Nc2ccc(Cl)cc2)n(N)c1=O. The summed E-state index contributed by atoms with van der Waals surface area (Å²) in [6.45, 7) is 1.51. The summed E-state index contributed by atoms with van der Waals surface area (Å²) in [5.41, 5.74) is 0.392. The van der Waals surface area contributed by atoms with Crippen molar-refractivity contribution in [1.29, 1.82) is 0 Å². The molecule has 0 radical (unpaired) electrons. The summed E-state index contributed by atoms with van der Waals surface area (Å²) in [5, 5.41) is 10.9. The summed E-state index contributed by atoms with van der Waals surface area (Å²) >= 11 is 6.78. The molecule has 2 aromatic rings. The van der Waals surface area contributed by atoms with E-state index in [9.17, 15) is 9.59 Å². The highest BCUT2D eigenvalue weighted by molar-refractivity contribution is 7.99. The summed E-state index contributed by atoms with van der Waals surface area (Å²) in [4.78, 5) is 23.4. The number of benzene rings is 1. The van der Waals surface area contributed by atoms with Crippen molar-refractivity contribution in [2.45, 2.75) is 12.1 Å². The number of carbonyl (C=O) groups is 1. The molecule has 0 spiro atoms. The maximum Gasteiger partial charge on any atom is 0.294 e. The predicted molar refractivity (Wildman–Crippen MR) is 82.0 cm³/mol. The van der Waals surface area contributed by atoms with Crippen LogP contribution in [-0.4, -0.2) is 26.5 Å². The quantitative estimate of drug-likeness (QED) is 0.643. The number of nitrogens with zero attached hydrogens (tertiary/aromatic N) is 3. The Kier molecular flexibility index (Phi) is 4.81. The van der Waals surface area contributed by atoms with E-state index in [2.05, 4.69) is 15.5 Å². The van der Waals surface area contributed by atoms with E-state index in [0.717, 1.165) is 16.4 Å². The molecule has 0 unspecified atom stereocenters. The number of aromatic nitrogens is 3. The molecule has 1 heterocycles. The van der Waals surface area contributed by atoms with Gasteiger partial charge in [-0.2, -0.15) is 4.68 Å². The smallest absolute Gasteiger partial charge is 0.294 e. The molecule has 110 valence electrons. The van der Waals surface area contributed by atoms with Crippen LogP contribution in [0.2, 0.25) is 5.02 Å². The second-order valence-corrected chi connectivity index (χ2v) is 5.47. The number of hydrogen-bond donors (Lipinski definition) is 2. The number of aryl methyl sites for hydroxylation is 1. The van der Waals surface area contributed by atoms with Crippen LogP contribution in [0.15, 0.2) is 34.2 Å². The normalized spacial score (nSPS) is 10.4. The van der Waals surface area contributed by atoms with E-state index in [0.29, 0.717) is 10.7 Å². The number of nitrogens with one attached hydrogen (secondary N) is 1. The van der Waals surface area contributed by atoms with Crippen LogP contribution in [0.1, 0.15) is 5.69 Å². The number of thioether (sulfide) groups is 1. The zero-order chi connectivity index (χ0) is 15.4. The second kappa shape index (κ2) is 6.59. The number of nitrogens with two attached hydrogens (primary N) is 1. The first-order valence-electron chi connectivity index (χ1n) is 5.87. The fraction of sp³-hybridized carbons (Fsp3) is 0.167. The van der Waals surface area contributed by atoms with E-state index in [1.54, 1.807) is 24.3 Å². The monoisotopic (exact) mass is 325 g/mol. The van der Waals surface area contributed by atoms with Gasteiger partial charge in [-0.05, 0) is 31.2 Å². The lowest BCUT2D eigenvalue weighted by atomic mass is 10.3. The molecule has 0 aliphatic rings. The number of halogens is 1. The molecular formula is C12H12ClN5O2S. The first-order valence-corrected chi connectivity index (χ1v) is 7.23. The molecule has 0 bridgehead atoms. The number of anilines is 1. The van der Waals surface area contributed by atoms with Crippen LogP contribution in [-0.2, 0) is 4.79 Å². The minimum Gasteiger partial charge on any atom is -0.334 e. The Morgan fingerprint density at radius 2 is 2.05 bits per heavy atom. The number of rotatable bonds is 4. The highest BCUT2D eigenvalue weighted by Gasteiger charge is 2.10. The Bertz CT molecular complexity index is 717. The third-order valence-corrected chi connectivity index (χ3v) is 3.68. The minimum atomic E-state index is -0.439. The van der Waals surface area contributed by atoms with Crippen molar-refractivity contribution in [2.24, 2.45) is 0 Å². The van der Waals surface area contributed by atoms with E-state index in [-0.39, 0.29) is 22.5 Å². The van der Waals surface area contributed by atoms with Crippen LogP contribution in [0.3, 0.4) is 0 Å². The molecule has 0 aliphatic carbocycles. The zero-order valence-electron chi connectivity index (χ0n) is 11.0. The number of amides is 1. The third-order valence-electron chi connectivity index (χ3n) is 2.48.